The highest BCUT2D eigenvalue weighted by molar-refractivity contribution is 5.93. The van der Waals surface area contributed by atoms with Gasteiger partial charge in [-0.15, -0.1) is 0 Å². The number of likely N-dealkylation sites (tertiary alicyclic amines) is 1. The van der Waals surface area contributed by atoms with Crippen molar-refractivity contribution >= 4 is 46.6 Å². The first kappa shape index (κ1) is 64.9. The quantitative estimate of drug-likeness (QED) is 0.0289. The smallest absolute Gasteiger partial charge is 0.410 e. The fourth-order valence-corrected chi connectivity index (χ4v) is 10.2. The summed E-state index contributed by atoms with van der Waals surface area (Å²) in [5, 5.41) is 5.44. The molecule has 452 valence electrons. The number of ether oxygens (including phenoxy) is 7. The number of benzene rings is 2. The van der Waals surface area contributed by atoms with E-state index >= 15 is 0 Å². The fraction of sp³-hybridized carbons (Fsp3) is 0.610. The molecule has 4 heterocycles. The fourth-order valence-electron chi connectivity index (χ4n) is 10.2. The molecule has 6 rings (SSSR count). The Morgan fingerprint density at radius 1 is 0.805 bits per heavy atom. The molecule has 8 N–H and O–H groups in total. The largest absolute Gasteiger partial charge is 0.496 e. The first-order valence-corrected chi connectivity index (χ1v) is 28.8. The molecule has 82 heavy (non-hydrogen) atoms. The molecular formula is C59H88N10O13. The normalized spacial score (nSPS) is 14.9. The maximum absolute atomic E-state index is 13.9. The van der Waals surface area contributed by atoms with Gasteiger partial charge in [0.25, 0.3) is 0 Å². The van der Waals surface area contributed by atoms with E-state index in [2.05, 4.69) is 60.0 Å². The summed E-state index contributed by atoms with van der Waals surface area (Å²) in [5.74, 6) is 4.40. The van der Waals surface area contributed by atoms with Crippen LogP contribution in [0.1, 0.15) is 100 Å². The number of fused-ring (bicyclic) bond motifs is 1. The number of aryl methyl sites for hydroxylation is 1. The highest BCUT2D eigenvalue weighted by Gasteiger charge is 2.48. The van der Waals surface area contributed by atoms with Crippen LogP contribution in [0, 0.1) is 11.8 Å². The number of ketones is 2. The van der Waals surface area contributed by atoms with Crippen LogP contribution in [0.5, 0.6) is 5.75 Å². The van der Waals surface area contributed by atoms with Crippen molar-refractivity contribution in [3.8, 4) is 5.75 Å². The summed E-state index contributed by atoms with van der Waals surface area (Å²) in [6, 6.07) is 14.0. The van der Waals surface area contributed by atoms with Gasteiger partial charge in [-0.25, -0.2) is 25.5 Å². The van der Waals surface area contributed by atoms with Gasteiger partial charge in [-0.05, 0) is 60.4 Å². The molecule has 2 saturated heterocycles. The average Bonchev–Trinajstić information content (AvgIpc) is 3.92. The van der Waals surface area contributed by atoms with Gasteiger partial charge in [-0.1, -0.05) is 76.4 Å². The van der Waals surface area contributed by atoms with E-state index in [0.29, 0.717) is 117 Å². The van der Waals surface area contributed by atoms with Crippen molar-refractivity contribution in [1.29, 1.82) is 0 Å². The Morgan fingerprint density at radius 2 is 1.49 bits per heavy atom. The van der Waals surface area contributed by atoms with Crippen molar-refractivity contribution in [2.24, 2.45) is 23.5 Å². The number of unbranched alkanes of at least 4 members (excludes halogenated alkanes) is 3. The Morgan fingerprint density at radius 3 is 2.16 bits per heavy atom. The van der Waals surface area contributed by atoms with Crippen molar-refractivity contribution in [3.63, 3.8) is 0 Å². The molecule has 2 aromatic carbocycles. The summed E-state index contributed by atoms with van der Waals surface area (Å²) < 4.78 is 41.9. The highest BCUT2D eigenvalue weighted by Crippen LogP contribution is 2.33. The summed E-state index contributed by atoms with van der Waals surface area (Å²) in [6.45, 7) is 13.1. The van der Waals surface area contributed by atoms with E-state index < -0.39 is 35.6 Å². The molecule has 2 aliphatic rings. The number of morpholine rings is 1. The lowest BCUT2D eigenvalue weighted by Crippen LogP contribution is -2.70. The number of rotatable bonds is 39. The SMILES string of the molecule is CCCCCCc1nc(N)nc2ccn(Cc3ccc(CN4CC5(C4)CN(C(=O)OCc4ccc(CC(=O)[C@H](CCCNC(N)=O)NC(=O)[C@@H](CC(=O)CCOCCOCCOCCOCCON)C(C)C)cc4)CCO5)cc3OC)c12. The number of amides is 4. The van der Waals surface area contributed by atoms with Gasteiger partial charge < -0.3 is 69.6 Å². The number of nitrogens with zero attached hydrogens (tertiary/aromatic N) is 5. The van der Waals surface area contributed by atoms with E-state index in [9.17, 15) is 24.0 Å². The second-order valence-electron chi connectivity index (χ2n) is 21.4. The maximum atomic E-state index is 13.9. The zero-order valence-electron chi connectivity index (χ0n) is 48.5. The first-order chi connectivity index (χ1) is 39.7. The Kier molecular flexibility index (Phi) is 27.2. The molecule has 4 amide bonds. The summed E-state index contributed by atoms with van der Waals surface area (Å²) in [6.07, 6.45) is 7.74. The maximum Gasteiger partial charge on any atom is 0.410 e. The van der Waals surface area contributed by atoms with E-state index in [0.717, 1.165) is 58.4 Å². The molecule has 1 spiro atoms. The average molecular weight is 1150 g/mol. The molecule has 0 saturated carbocycles. The number of aromatic nitrogens is 3. The van der Waals surface area contributed by atoms with Gasteiger partial charge in [0.05, 0.1) is 109 Å². The van der Waals surface area contributed by atoms with E-state index in [1.807, 2.05) is 26.1 Å². The van der Waals surface area contributed by atoms with Gasteiger partial charge in [0.15, 0.2) is 5.78 Å². The minimum atomic E-state index is -0.883. The number of carbonyl (C=O) groups is 5. The molecule has 0 radical (unpaired) electrons. The van der Waals surface area contributed by atoms with Crippen LogP contribution >= 0.6 is 0 Å². The van der Waals surface area contributed by atoms with Crippen LogP contribution < -0.4 is 32.7 Å². The lowest BCUT2D eigenvalue weighted by molar-refractivity contribution is -0.181. The molecule has 2 aromatic heterocycles. The van der Waals surface area contributed by atoms with E-state index in [4.69, 9.17) is 50.5 Å². The van der Waals surface area contributed by atoms with E-state index in [1.54, 1.807) is 36.3 Å². The van der Waals surface area contributed by atoms with Crippen LogP contribution in [0.4, 0.5) is 15.5 Å². The number of urea groups is 1. The number of primary amides is 1. The number of nitrogen functional groups attached to an aromatic ring is 1. The van der Waals surface area contributed by atoms with Gasteiger partial charge in [0, 0.05) is 69.7 Å². The Labute approximate surface area is 481 Å². The standard InChI is InChI=1S/C59H88N10O13/c1-5-6-7-8-10-50-54-51(66-56(60)65-50)18-21-68(54)37-46-17-16-45(34-53(46)75-4)36-67-39-59(40-67)41-69(22-24-81-59)58(74)80-38-44-14-12-43(13-15-44)33-52(71)49(11-9-20-63-57(61)73)64-55(72)48(42(2)3)35-47(70)19-23-76-25-26-77-27-28-78-29-30-79-31-32-82-62/h12-18,21,34,42,48-49H,5-11,19-20,22-33,35-41,62H2,1-4H3,(H,64,72)(H2,60,65,66)(H3,61,63,73)/t48-,49-/m0/s1. The zero-order chi connectivity index (χ0) is 58.7. The van der Waals surface area contributed by atoms with Crippen molar-refractivity contribution in [1.82, 2.24) is 35.0 Å². The predicted octanol–water partition coefficient (Wildman–Crippen LogP) is 5.04. The number of nitrogens with two attached hydrogens (primary N) is 3. The van der Waals surface area contributed by atoms with Crippen LogP contribution in [-0.2, 0) is 80.2 Å². The number of hydrogen-bond donors (Lipinski definition) is 5. The number of methoxy groups -OCH3 is 1. The summed E-state index contributed by atoms with van der Waals surface area (Å²) in [7, 11) is 1.69. The second kappa shape index (κ2) is 34.3. The molecule has 2 atom stereocenters. The van der Waals surface area contributed by atoms with Gasteiger partial charge in [-0.3, -0.25) is 19.3 Å². The lowest BCUT2D eigenvalue weighted by Gasteiger charge is -2.53. The second-order valence-corrected chi connectivity index (χ2v) is 21.4. The molecular weight excluding hydrogens is 1060 g/mol. The molecule has 4 aromatic rings. The van der Waals surface area contributed by atoms with Gasteiger partial charge in [0.2, 0.25) is 11.9 Å². The van der Waals surface area contributed by atoms with Gasteiger partial charge in [0.1, 0.15) is 23.7 Å². The minimum absolute atomic E-state index is 0.0128. The molecule has 2 fully saturated rings. The lowest BCUT2D eigenvalue weighted by atomic mass is 9.88. The number of hydrogen-bond acceptors (Lipinski definition) is 18. The first-order valence-electron chi connectivity index (χ1n) is 28.8. The van der Waals surface area contributed by atoms with Gasteiger partial charge in [-0.2, -0.15) is 0 Å². The minimum Gasteiger partial charge on any atom is -0.496 e. The third-order valence-corrected chi connectivity index (χ3v) is 14.6. The van der Waals surface area contributed by atoms with Crippen LogP contribution in [0.25, 0.3) is 11.0 Å². The Hall–Kier alpha value is -6.31. The number of anilines is 1. The van der Waals surface area contributed by atoms with Crippen LogP contribution in [0.3, 0.4) is 0 Å². The third-order valence-electron chi connectivity index (χ3n) is 14.6. The van der Waals surface area contributed by atoms with Crippen LogP contribution in [-0.4, -0.2) is 171 Å². The van der Waals surface area contributed by atoms with Crippen LogP contribution in [0.15, 0.2) is 54.7 Å². The summed E-state index contributed by atoms with van der Waals surface area (Å²) >= 11 is 0. The number of nitrogens with one attached hydrogen (secondary N) is 2. The molecule has 0 bridgehead atoms. The summed E-state index contributed by atoms with van der Waals surface area (Å²) in [5.41, 5.74) is 17.3. The Bertz CT molecular complexity index is 2630. The Balaban J connectivity index is 0.921. The number of carbonyl (C=O) groups excluding carboxylic acids is 5. The molecule has 23 heteroatoms. The summed E-state index contributed by atoms with van der Waals surface area (Å²) in [4.78, 5) is 83.0. The van der Waals surface area contributed by atoms with E-state index in [-0.39, 0.29) is 62.9 Å². The monoisotopic (exact) mass is 1140 g/mol. The third kappa shape index (κ3) is 21.1. The highest BCUT2D eigenvalue weighted by atomic mass is 16.6. The van der Waals surface area contributed by atoms with Crippen molar-refractivity contribution in [3.05, 3.63) is 82.7 Å². The van der Waals surface area contributed by atoms with Crippen molar-refractivity contribution < 1.29 is 62.0 Å². The molecule has 0 aliphatic carbocycles. The van der Waals surface area contributed by atoms with Crippen molar-refractivity contribution in [2.75, 3.05) is 112 Å². The molecule has 23 nitrogen and oxygen atoms in total. The zero-order valence-corrected chi connectivity index (χ0v) is 48.5. The molecule has 0 unspecified atom stereocenters. The van der Waals surface area contributed by atoms with Crippen LogP contribution in [0.2, 0.25) is 0 Å². The van der Waals surface area contributed by atoms with E-state index in [1.165, 1.54) is 12.8 Å². The topological polar surface area (TPSA) is 298 Å². The van der Waals surface area contributed by atoms with Gasteiger partial charge >= 0.3 is 12.1 Å². The molecule has 2 aliphatic heterocycles. The predicted molar refractivity (Wildman–Crippen MR) is 307 cm³/mol. The number of Topliss-reactive ketones (excluding diaryl/α,β-unsaturated/α-hetero) is 2. The van der Waals surface area contributed by atoms with Crippen molar-refractivity contribution in [2.45, 2.75) is 116 Å².